The lowest BCUT2D eigenvalue weighted by molar-refractivity contribution is 0.0695. The molecule has 0 bridgehead atoms. The highest BCUT2D eigenvalue weighted by molar-refractivity contribution is 5.96. The van der Waals surface area contributed by atoms with Crippen LogP contribution < -0.4 is 0 Å². The molecule has 0 fully saturated rings. The van der Waals surface area contributed by atoms with Gasteiger partial charge in [0, 0.05) is 43.7 Å². The largest absolute Gasteiger partial charge is 0.383 e. The number of fused-ring (bicyclic) bond motifs is 1. The summed E-state index contributed by atoms with van der Waals surface area (Å²) in [6, 6.07) is 9.46. The van der Waals surface area contributed by atoms with E-state index in [0.29, 0.717) is 25.3 Å². The summed E-state index contributed by atoms with van der Waals surface area (Å²) < 4.78 is 6.85. The summed E-state index contributed by atoms with van der Waals surface area (Å²) in [6.07, 6.45) is 6.28. The van der Waals surface area contributed by atoms with E-state index >= 15 is 0 Å². The molecule has 0 aliphatic heterocycles. The van der Waals surface area contributed by atoms with Crippen molar-refractivity contribution in [1.82, 2.24) is 19.5 Å². The average molecular weight is 338 g/mol. The molecular weight excluding hydrogens is 316 g/mol. The van der Waals surface area contributed by atoms with Crippen molar-refractivity contribution in [2.75, 3.05) is 26.8 Å². The third-order valence-corrected chi connectivity index (χ3v) is 4.05. The second kappa shape index (κ2) is 7.90. The van der Waals surface area contributed by atoms with Crippen LogP contribution >= 0.6 is 0 Å². The predicted octanol–water partition coefficient (Wildman–Crippen LogP) is 2.89. The molecule has 0 radical (unpaired) electrons. The van der Waals surface area contributed by atoms with E-state index in [9.17, 15) is 4.79 Å². The van der Waals surface area contributed by atoms with E-state index in [2.05, 4.69) is 17.0 Å². The molecule has 25 heavy (non-hydrogen) atoms. The van der Waals surface area contributed by atoms with Crippen LogP contribution in [0.25, 0.3) is 16.8 Å². The van der Waals surface area contributed by atoms with E-state index in [-0.39, 0.29) is 5.91 Å². The molecule has 0 atom stereocenters. The molecule has 2 heterocycles. The van der Waals surface area contributed by atoms with Gasteiger partial charge in [-0.1, -0.05) is 19.1 Å². The molecule has 6 heteroatoms. The molecule has 0 unspecified atom stereocenters. The Balaban J connectivity index is 1.91. The molecule has 1 amide bonds. The molecule has 3 rings (SSSR count). The van der Waals surface area contributed by atoms with Crippen LogP contribution in [0.1, 0.15) is 23.7 Å². The van der Waals surface area contributed by atoms with E-state index in [1.165, 1.54) is 0 Å². The lowest BCUT2D eigenvalue weighted by atomic mass is 10.0. The summed E-state index contributed by atoms with van der Waals surface area (Å²) in [6.45, 7) is 3.90. The van der Waals surface area contributed by atoms with Gasteiger partial charge in [0.25, 0.3) is 5.91 Å². The second-order valence-electron chi connectivity index (χ2n) is 5.81. The van der Waals surface area contributed by atoms with Gasteiger partial charge < -0.3 is 9.64 Å². The number of methoxy groups -OCH3 is 1. The molecule has 2 aromatic heterocycles. The van der Waals surface area contributed by atoms with E-state index in [4.69, 9.17) is 4.74 Å². The van der Waals surface area contributed by atoms with Crippen molar-refractivity contribution < 1.29 is 9.53 Å². The minimum Gasteiger partial charge on any atom is -0.383 e. The Labute approximate surface area is 147 Å². The fourth-order valence-corrected chi connectivity index (χ4v) is 2.82. The van der Waals surface area contributed by atoms with Gasteiger partial charge in [0.2, 0.25) is 0 Å². The standard InChI is InChI=1S/C19H22N4O2/c1-3-9-22(11-12-25-2)19(24)16-7-4-6-15(13-16)17-14-21-23-10-5-8-20-18(17)23/h4-8,10,13-14H,3,9,11-12H2,1-2H3. The van der Waals surface area contributed by atoms with Crippen LogP contribution in [0, 0.1) is 0 Å². The highest BCUT2D eigenvalue weighted by Crippen LogP contribution is 2.24. The topological polar surface area (TPSA) is 59.7 Å². The van der Waals surface area contributed by atoms with Crippen molar-refractivity contribution in [2.24, 2.45) is 0 Å². The van der Waals surface area contributed by atoms with Crippen LogP contribution in [0.5, 0.6) is 0 Å². The molecule has 0 saturated carbocycles. The smallest absolute Gasteiger partial charge is 0.253 e. The Morgan fingerprint density at radius 3 is 2.96 bits per heavy atom. The maximum absolute atomic E-state index is 12.9. The number of carbonyl (C=O) groups excluding carboxylic acids is 1. The van der Waals surface area contributed by atoms with Gasteiger partial charge in [-0.3, -0.25) is 4.79 Å². The van der Waals surface area contributed by atoms with Gasteiger partial charge in [0.1, 0.15) is 0 Å². The van der Waals surface area contributed by atoms with Crippen molar-refractivity contribution in [1.29, 1.82) is 0 Å². The molecule has 0 aliphatic rings. The Morgan fingerprint density at radius 1 is 1.28 bits per heavy atom. The molecule has 0 saturated heterocycles. The fourth-order valence-electron chi connectivity index (χ4n) is 2.82. The number of aromatic nitrogens is 3. The van der Waals surface area contributed by atoms with Crippen molar-refractivity contribution in [3.8, 4) is 11.1 Å². The van der Waals surface area contributed by atoms with E-state index in [1.54, 1.807) is 24.0 Å². The summed E-state index contributed by atoms with van der Waals surface area (Å²) in [7, 11) is 1.65. The number of hydrogen-bond donors (Lipinski definition) is 0. The quantitative estimate of drug-likeness (QED) is 0.665. The predicted molar refractivity (Wildman–Crippen MR) is 96.5 cm³/mol. The molecule has 6 nitrogen and oxygen atoms in total. The minimum atomic E-state index is 0.0187. The van der Waals surface area contributed by atoms with Crippen molar-refractivity contribution >= 4 is 11.6 Å². The van der Waals surface area contributed by atoms with Crippen LogP contribution in [0.2, 0.25) is 0 Å². The summed E-state index contributed by atoms with van der Waals surface area (Å²) >= 11 is 0. The molecule has 1 aromatic carbocycles. The molecule has 130 valence electrons. The Hall–Kier alpha value is -2.73. The zero-order valence-corrected chi connectivity index (χ0v) is 14.6. The van der Waals surface area contributed by atoms with Crippen molar-refractivity contribution in [2.45, 2.75) is 13.3 Å². The van der Waals surface area contributed by atoms with Gasteiger partial charge in [-0.05, 0) is 30.2 Å². The lowest BCUT2D eigenvalue weighted by Crippen LogP contribution is -2.34. The van der Waals surface area contributed by atoms with Crippen LogP contribution in [0.3, 0.4) is 0 Å². The normalized spacial score (nSPS) is 11.0. The van der Waals surface area contributed by atoms with Gasteiger partial charge in [0.05, 0.1) is 12.8 Å². The number of ether oxygens (including phenoxy) is 1. The number of hydrogen-bond acceptors (Lipinski definition) is 4. The highest BCUT2D eigenvalue weighted by atomic mass is 16.5. The summed E-state index contributed by atoms with van der Waals surface area (Å²) in [5.74, 6) is 0.0187. The van der Waals surface area contributed by atoms with Crippen LogP contribution in [0.15, 0.2) is 48.9 Å². The van der Waals surface area contributed by atoms with Crippen LogP contribution in [-0.4, -0.2) is 52.2 Å². The average Bonchev–Trinajstić information content (AvgIpc) is 3.09. The van der Waals surface area contributed by atoms with Crippen molar-refractivity contribution in [3.05, 3.63) is 54.5 Å². The minimum absolute atomic E-state index is 0.0187. The van der Waals surface area contributed by atoms with E-state index < -0.39 is 0 Å². The molecule has 3 aromatic rings. The second-order valence-corrected chi connectivity index (χ2v) is 5.81. The number of nitrogens with zero attached hydrogens (tertiary/aromatic N) is 4. The third-order valence-electron chi connectivity index (χ3n) is 4.05. The highest BCUT2D eigenvalue weighted by Gasteiger charge is 2.16. The lowest BCUT2D eigenvalue weighted by Gasteiger charge is -2.22. The monoisotopic (exact) mass is 338 g/mol. The van der Waals surface area contributed by atoms with Gasteiger partial charge >= 0.3 is 0 Å². The Morgan fingerprint density at radius 2 is 2.16 bits per heavy atom. The molecule has 0 spiro atoms. The zero-order chi connectivity index (χ0) is 17.6. The first-order chi connectivity index (χ1) is 12.2. The number of rotatable bonds is 7. The number of benzene rings is 1. The van der Waals surface area contributed by atoms with Gasteiger partial charge in [-0.15, -0.1) is 0 Å². The third kappa shape index (κ3) is 3.69. The maximum Gasteiger partial charge on any atom is 0.253 e. The van der Waals surface area contributed by atoms with Crippen LogP contribution in [-0.2, 0) is 4.74 Å². The van der Waals surface area contributed by atoms with Gasteiger partial charge in [0.15, 0.2) is 5.65 Å². The summed E-state index contributed by atoms with van der Waals surface area (Å²) in [5.41, 5.74) is 3.28. The molecule has 0 aliphatic carbocycles. The zero-order valence-electron chi connectivity index (χ0n) is 14.6. The van der Waals surface area contributed by atoms with Crippen molar-refractivity contribution in [3.63, 3.8) is 0 Å². The SMILES string of the molecule is CCCN(CCOC)C(=O)c1cccc(-c2cnn3cccnc23)c1. The van der Waals surface area contributed by atoms with Crippen LogP contribution in [0.4, 0.5) is 0 Å². The first-order valence-electron chi connectivity index (χ1n) is 8.41. The number of carbonyl (C=O) groups is 1. The Kier molecular flexibility index (Phi) is 5.40. The fraction of sp³-hybridized carbons (Fsp3) is 0.316. The summed E-state index contributed by atoms with van der Waals surface area (Å²) in [4.78, 5) is 19.1. The Bertz CT molecular complexity index is 859. The van der Waals surface area contributed by atoms with Gasteiger partial charge in [-0.2, -0.15) is 5.10 Å². The first kappa shape index (κ1) is 17.1. The first-order valence-corrected chi connectivity index (χ1v) is 8.41. The maximum atomic E-state index is 12.9. The van der Waals surface area contributed by atoms with E-state index in [1.807, 2.05) is 41.4 Å². The summed E-state index contributed by atoms with van der Waals surface area (Å²) in [5, 5.41) is 4.32. The van der Waals surface area contributed by atoms with E-state index in [0.717, 1.165) is 23.2 Å². The molecule has 0 N–H and O–H groups in total. The molecular formula is C19H22N4O2. The number of amides is 1. The van der Waals surface area contributed by atoms with Gasteiger partial charge in [-0.25, -0.2) is 9.50 Å².